The van der Waals surface area contributed by atoms with Gasteiger partial charge >= 0.3 is 0 Å². The van der Waals surface area contributed by atoms with E-state index in [0.29, 0.717) is 13.2 Å². The summed E-state index contributed by atoms with van der Waals surface area (Å²) in [5, 5.41) is 0. The average molecular weight is 242 g/mol. The van der Waals surface area contributed by atoms with Gasteiger partial charge in [-0.2, -0.15) is 0 Å². The maximum absolute atomic E-state index is 5.64. The van der Waals surface area contributed by atoms with E-state index < -0.39 is 12.6 Å². The first-order valence-electron chi connectivity index (χ1n) is 5.70. The van der Waals surface area contributed by atoms with E-state index in [1.807, 2.05) is 12.2 Å². The third-order valence-electron chi connectivity index (χ3n) is 2.70. The van der Waals surface area contributed by atoms with Crippen LogP contribution in [0.4, 0.5) is 0 Å². The van der Waals surface area contributed by atoms with Crippen LogP contribution in [0.3, 0.4) is 0 Å². The summed E-state index contributed by atoms with van der Waals surface area (Å²) in [5.41, 5.74) is 0. The van der Waals surface area contributed by atoms with Gasteiger partial charge in [-0.3, -0.25) is 0 Å². The minimum Gasteiger partial charge on any atom is -0.501 e. The monoisotopic (exact) mass is 242 g/mol. The quantitative estimate of drug-likeness (QED) is 0.748. The Morgan fingerprint density at radius 3 is 1.82 bits per heavy atom. The average Bonchev–Trinajstić information content (AvgIpc) is 2.39. The van der Waals surface area contributed by atoms with E-state index >= 15 is 0 Å². The highest BCUT2D eigenvalue weighted by Crippen LogP contribution is 2.20. The Morgan fingerprint density at radius 1 is 0.941 bits per heavy atom. The molecular formula is C12H18O5. The Kier molecular flexibility index (Phi) is 4.42. The molecular weight excluding hydrogens is 224 g/mol. The zero-order valence-corrected chi connectivity index (χ0v) is 10.2. The third-order valence-corrected chi connectivity index (χ3v) is 2.70. The standard InChI is InChI=1S/C12H18O5/c1-13-9-3-5-15-11(7-9)17-12-8-10(14-2)4-6-16-12/h7-8,11-12H,3-6H2,1-2H3. The molecule has 2 aliphatic heterocycles. The van der Waals surface area contributed by atoms with E-state index in [2.05, 4.69) is 0 Å². The van der Waals surface area contributed by atoms with E-state index in [1.54, 1.807) is 14.2 Å². The summed E-state index contributed by atoms with van der Waals surface area (Å²) in [7, 11) is 3.29. The van der Waals surface area contributed by atoms with Crippen molar-refractivity contribution >= 4 is 0 Å². The van der Waals surface area contributed by atoms with Gasteiger partial charge in [0, 0.05) is 25.0 Å². The van der Waals surface area contributed by atoms with Gasteiger partial charge in [-0.15, -0.1) is 0 Å². The molecule has 0 bridgehead atoms. The van der Waals surface area contributed by atoms with Crippen LogP contribution in [0.5, 0.6) is 0 Å². The van der Waals surface area contributed by atoms with Crippen LogP contribution in [0, 0.1) is 0 Å². The lowest BCUT2D eigenvalue weighted by Gasteiger charge is -2.27. The molecule has 0 aromatic rings. The Balaban J connectivity index is 1.92. The first-order valence-corrected chi connectivity index (χ1v) is 5.70. The van der Waals surface area contributed by atoms with Crippen molar-refractivity contribution in [3.63, 3.8) is 0 Å². The number of methoxy groups -OCH3 is 2. The molecule has 0 aromatic carbocycles. The van der Waals surface area contributed by atoms with Crippen molar-refractivity contribution in [2.75, 3.05) is 27.4 Å². The second kappa shape index (κ2) is 6.05. The number of hydrogen-bond acceptors (Lipinski definition) is 5. The van der Waals surface area contributed by atoms with E-state index in [-0.39, 0.29) is 0 Å². The minimum absolute atomic E-state index is 0.420. The van der Waals surface area contributed by atoms with Gasteiger partial charge in [0.15, 0.2) is 12.6 Å². The fourth-order valence-electron chi connectivity index (χ4n) is 1.75. The topological polar surface area (TPSA) is 46.2 Å². The molecule has 96 valence electrons. The molecule has 0 radical (unpaired) electrons. The molecule has 2 heterocycles. The van der Waals surface area contributed by atoms with Crippen molar-refractivity contribution < 1.29 is 23.7 Å². The number of hydrogen-bond donors (Lipinski definition) is 0. The normalized spacial score (nSPS) is 29.3. The summed E-state index contributed by atoms with van der Waals surface area (Å²) < 4.78 is 26.9. The smallest absolute Gasteiger partial charge is 0.183 e. The lowest BCUT2D eigenvalue weighted by atomic mass is 10.3. The molecule has 0 fully saturated rings. The van der Waals surface area contributed by atoms with Crippen molar-refractivity contribution in [3.8, 4) is 0 Å². The second-order valence-corrected chi connectivity index (χ2v) is 3.79. The highest BCUT2D eigenvalue weighted by molar-refractivity contribution is 5.01. The van der Waals surface area contributed by atoms with Crippen LogP contribution in [-0.4, -0.2) is 40.0 Å². The van der Waals surface area contributed by atoms with Crippen LogP contribution < -0.4 is 0 Å². The van der Waals surface area contributed by atoms with Crippen molar-refractivity contribution in [1.82, 2.24) is 0 Å². The highest BCUT2D eigenvalue weighted by atomic mass is 16.8. The third kappa shape index (κ3) is 3.46. The summed E-state index contributed by atoms with van der Waals surface area (Å²) >= 11 is 0. The Labute approximate surface area is 101 Å². The van der Waals surface area contributed by atoms with Crippen LogP contribution >= 0.6 is 0 Å². The van der Waals surface area contributed by atoms with Gasteiger partial charge in [-0.05, 0) is 0 Å². The van der Waals surface area contributed by atoms with Crippen molar-refractivity contribution in [1.29, 1.82) is 0 Å². The summed E-state index contributed by atoms with van der Waals surface area (Å²) in [6.45, 7) is 1.19. The van der Waals surface area contributed by atoms with Crippen LogP contribution in [0.25, 0.3) is 0 Å². The molecule has 0 spiro atoms. The Morgan fingerprint density at radius 2 is 1.41 bits per heavy atom. The van der Waals surface area contributed by atoms with Crippen molar-refractivity contribution in [2.45, 2.75) is 25.4 Å². The van der Waals surface area contributed by atoms with Gasteiger partial charge in [-0.1, -0.05) is 0 Å². The van der Waals surface area contributed by atoms with Crippen LogP contribution in [0.1, 0.15) is 12.8 Å². The first-order chi connectivity index (χ1) is 8.31. The van der Waals surface area contributed by atoms with Gasteiger partial charge in [0.2, 0.25) is 0 Å². The first kappa shape index (κ1) is 12.4. The molecule has 5 nitrogen and oxygen atoms in total. The van der Waals surface area contributed by atoms with Gasteiger partial charge in [0.25, 0.3) is 0 Å². The van der Waals surface area contributed by atoms with E-state index in [1.165, 1.54) is 0 Å². The van der Waals surface area contributed by atoms with Crippen LogP contribution in [-0.2, 0) is 23.7 Å². The van der Waals surface area contributed by atoms with Gasteiger partial charge in [0.05, 0.1) is 39.0 Å². The highest BCUT2D eigenvalue weighted by Gasteiger charge is 2.22. The number of rotatable bonds is 4. The molecule has 0 N–H and O–H groups in total. The fraction of sp³-hybridized carbons (Fsp3) is 0.667. The Bertz CT molecular complexity index is 280. The molecule has 17 heavy (non-hydrogen) atoms. The summed E-state index contributed by atoms with van der Waals surface area (Å²) in [6, 6.07) is 0. The van der Waals surface area contributed by atoms with E-state index in [9.17, 15) is 0 Å². The zero-order valence-electron chi connectivity index (χ0n) is 10.2. The number of ether oxygens (including phenoxy) is 5. The maximum Gasteiger partial charge on any atom is 0.183 e. The van der Waals surface area contributed by atoms with Crippen LogP contribution in [0.2, 0.25) is 0 Å². The second-order valence-electron chi connectivity index (χ2n) is 3.79. The molecule has 2 aliphatic rings. The molecule has 0 saturated heterocycles. The summed E-state index contributed by atoms with van der Waals surface area (Å²) in [4.78, 5) is 0. The largest absolute Gasteiger partial charge is 0.501 e. The molecule has 0 saturated carbocycles. The predicted octanol–water partition coefficient (Wildman–Crippen LogP) is 1.56. The molecule has 2 atom stereocenters. The van der Waals surface area contributed by atoms with Crippen molar-refractivity contribution in [3.05, 3.63) is 23.7 Å². The fourth-order valence-corrected chi connectivity index (χ4v) is 1.75. The predicted molar refractivity (Wildman–Crippen MR) is 60.0 cm³/mol. The summed E-state index contributed by atoms with van der Waals surface area (Å²) in [6.07, 6.45) is 4.36. The van der Waals surface area contributed by atoms with Gasteiger partial charge in [0.1, 0.15) is 0 Å². The summed E-state index contributed by atoms with van der Waals surface area (Å²) in [5.74, 6) is 1.76. The molecule has 0 aromatic heterocycles. The molecule has 0 amide bonds. The molecule has 2 unspecified atom stereocenters. The minimum atomic E-state index is -0.420. The van der Waals surface area contributed by atoms with Crippen LogP contribution in [0.15, 0.2) is 23.7 Å². The lowest BCUT2D eigenvalue weighted by molar-refractivity contribution is -0.216. The SMILES string of the molecule is COC1=CC(OC2C=C(OC)CCO2)OCC1. The maximum atomic E-state index is 5.64. The zero-order chi connectivity index (χ0) is 12.1. The van der Waals surface area contributed by atoms with E-state index in [0.717, 1.165) is 24.4 Å². The molecule has 0 aliphatic carbocycles. The van der Waals surface area contributed by atoms with Gasteiger partial charge in [-0.25, -0.2) is 0 Å². The van der Waals surface area contributed by atoms with Crippen molar-refractivity contribution in [2.24, 2.45) is 0 Å². The lowest BCUT2D eigenvalue weighted by Crippen LogP contribution is -2.29. The molecule has 2 rings (SSSR count). The Hall–Kier alpha value is -1.04. The molecule has 5 heteroatoms. The van der Waals surface area contributed by atoms with E-state index in [4.69, 9.17) is 23.7 Å². The van der Waals surface area contributed by atoms with Gasteiger partial charge < -0.3 is 23.7 Å².